The highest BCUT2D eigenvalue weighted by Crippen LogP contribution is 2.68. The highest BCUT2D eigenvalue weighted by Gasteiger charge is 2.71. The van der Waals surface area contributed by atoms with E-state index in [0.29, 0.717) is 65.3 Å². The van der Waals surface area contributed by atoms with Gasteiger partial charge in [0.05, 0.1) is 5.66 Å². The minimum atomic E-state index is -0.489. The van der Waals surface area contributed by atoms with Gasteiger partial charge in [-0.3, -0.25) is 4.90 Å². The molecule has 10 rings (SSSR count). The van der Waals surface area contributed by atoms with E-state index in [4.69, 9.17) is 5.73 Å². The number of nitrogens with one attached hydrogen (secondary N) is 1. The van der Waals surface area contributed by atoms with Crippen LogP contribution in [0.3, 0.4) is 0 Å². The predicted molar refractivity (Wildman–Crippen MR) is 243 cm³/mol. The van der Waals surface area contributed by atoms with E-state index < -0.39 is 5.66 Å². The van der Waals surface area contributed by atoms with Crippen molar-refractivity contribution in [1.29, 1.82) is 0 Å². The molecule has 58 heavy (non-hydrogen) atoms. The van der Waals surface area contributed by atoms with Gasteiger partial charge in [0, 0.05) is 41.6 Å². The van der Waals surface area contributed by atoms with E-state index in [-0.39, 0.29) is 5.41 Å². The summed E-state index contributed by atoms with van der Waals surface area (Å²) in [6.45, 7) is 6.29. The smallest absolute Gasteiger partial charge is 0.0996 e. The van der Waals surface area contributed by atoms with Crippen LogP contribution in [0.15, 0.2) is 120 Å². The number of hydrogen-bond acceptors (Lipinski definition) is 3. The molecule has 14 atom stereocenters. The van der Waals surface area contributed by atoms with Crippen molar-refractivity contribution in [2.45, 2.75) is 147 Å². The highest BCUT2D eigenvalue weighted by molar-refractivity contribution is 5.46. The summed E-state index contributed by atoms with van der Waals surface area (Å²) in [7, 11) is 0. The van der Waals surface area contributed by atoms with E-state index in [1.54, 1.807) is 11.1 Å². The summed E-state index contributed by atoms with van der Waals surface area (Å²) in [5, 5.41) is 4.39. The van der Waals surface area contributed by atoms with Gasteiger partial charge in [-0.1, -0.05) is 123 Å². The third-order valence-corrected chi connectivity index (χ3v) is 18.2. The van der Waals surface area contributed by atoms with Gasteiger partial charge in [0.1, 0.15) is 0 Å². The van der Waals surface area contributed by atoms with Gasteiger partial charge in [0.15, 0.2) is 0 Å². The first kappa shape index (κ1) is 39.3. The number of fused-ring (bicyclic) bond motifs is 4. The Bertz CT molecular complexity index is 1850. The zero-order valence-corrected chi connectivity index (χ0v) is 36.1. The Kier molecular flexibility index (Phi) is 11.2. The molecule has 2 saturated carbocycles. The lowest BCUT2D eigenvalue weighted by Gasteiger charge is -2.71. The average Bonchev–Trinajstić information content (AvgIpc) is 3.28. The quantitative estimate of drug-likeness (QED) is 0.200. The molecule has 0 radical (unpaired) electrons. The van der Waals surface area contributed by atoms with Gasteiger partial charge in [0.25, 0.3) is 0 Å². The van der Waals surface area contributed by atoms with E-state index in [1.165, 1.54) is 114 Å². The molecule has 2 fully saturated rings. The molecule has 0 spiro atoms. The molecule has 1 aliphatic heterocycles. The van der Waals surface area contributed by atoms with Crippen LogP contribution in [-0.2, 0) is 0 Å². The van der Waals surface area contributed by atoms with E-state index in [1.807, 2.05) is 0 Å². The largest absolute Gasteiger partial charge is 0.366 e. The van der Waals surface area contributed by atoms with Crippen LogP contribution in [0, 0.1) is 64.6 Å². The highest BCUT2D eigenvalue weighted by atomic mass is 15.2. The lowest BCUT2D eigenvalue weighted by atomic mass is 9.38. The maximum absolute atomic E-state index is 8.20. The molecular formula is C55H75N3. The predicted octanol–water partition coefficient (Wildman–Crippen LogP) is 12.6. The van der Waals surface area contributed by atoms with Crippen molar-refractivity contribution >= 4 is 0 Å². The standard InChI is InChI=1S/C55H75N3/c1-38-16-14-15-35-58(46-22-10-5-11-23-46)52-34-29-44(36-48(38)52)43-28-33-51(49(37-43)41-19-8-4-9-20-41)57-55(56)53-47-24-13-12-21-42(47)27-32-50(53)54(55,2)45-30-25-40(26-31-45)39-17-6-3-7-18-39/h3-6,8,10,14,16,25,27-33,38-43,46-48,50,52-53,57H,7,9,11-13,15,17-24,26,34-37,56H2,1-2H3/b16-14-/t38?,39?,40?,41?,42?,43?,46?,47?,48?,50-,52?,53?,54?,55-/m0/s1. The molecule has 0 bridgehead atoms. The van der Waals surface area contributed by atoms with Crippen LogP contribution in [0.1, 0.15) is 129 Å². The van der Waals surface area contributed by atoms with Gasteiger partial charge < -0.3 is 11.1 Å². The van der Waals surface area contributed by atoms with Gasteiger partial charge in [-0.2, -0.15) is 0 Å². The summed E-state index contributed by atoms with van der Waals surface area (Å²) in [6.07, 6.45) is 63.2. The first-order valence-corrected chi connectivity index (χ1v) is 24.5. The Hall–Kier alpha value is -2.88. The maximum Gasteiger partial charge on any atom is 0.0996 e. The molecule has 0 amide bonds. The van der Waals surface area contributed by atoms with E-state index >= 15 is 0 Å². The molecule has 3 N–H and O–H groups in total. The van der Waals surface area contributed by atoms with Gasteiger partial charge >= 0.3 is 0 Å². The Morgan fingerprint density at radius 1 is 0.690 bits per heavy atom. The number of hydrogen-bond donors (Lipinski definition) is 2. The number of allylic oxidation sites excluding steroid dienone is 15. The molecule has 1 heterocycles. The Balaban J connectivity index is 0.954. The van der Waals surface area contributed by atoms with Crippen molar-refractivity contribution in [3.8, 4) is 0 Å². The van der Waals surface area contributed by atoms with Crippen LogP contribution in [0.25, 0.3) is 0 Å². The average molecular weight is 778 g/mol. The zero-order chi connectivity index (χ0) is 39.3. The summed E-state index contributed by atoms with van der Waals surface area (Å²) in [5.74, 6) is 6.13. The van der Waals surface area contributed by atoms with E-state index in [0.717, 1.165) is 25.2 Å². The minimum absolute atomic E-state index is 0.150. The fourth-order valence-electron chi connectivity index (χ4n) is 14.8. The van der Waals surface area contributed by atoms with Crippen molar-refractivity contribution in [2.75, 3.05) is 6.54 Å². The second-order valence-corrected chi connectivity index (χ2v) is 21.0. The summed E-state index contributed by atoms with van der Waals surface area (Å²) in [6, 6.07) is 1.37. The van der Waals surface area contributed by atoms with Crippen LogP contribution >= 0.6 is 0 Å². The van der Waals surface area contributed by atoms with Crippen molar-refractivity contribution in [1.82, 2.24) is 10.2 Å². The molecule has 9 aliphatic carbocycles. The van der Waals surface area contributed by atoms with Crippen molar-refractivity contribution < 1.29 is 0 Å². The van der Waals surface area contributed by atoms with Crippen molar-refractivity contribution in [3.63, 3.8) is 0 Å². The second-order valence-electron chi connectivity index (χ2n) is 21.0. The fraction of sp³-hybridized carbons (Fsp3) is 0.636. The summed E-state index contributed by atoms with van der Waals surface area (Å²) >= 11 is 0. The molecule has 3 nitrogen and oxygen atoms in total. The lowest BCUT2D eigenvalue weighted by molar-refractivity contribution is -0.144. The topological polar surface area (TPSA) is 41.3 Å². The Morgan fingerprint density at radius 3 is 2.29 bits per heavy atom. The summed E-state index contributed by atoms with van der Waals surface area (Å²) < 4.78 is 0. The lowest BCUT2D eigenvalue weighted by Crippen LogP contribution is -2.82. The molecule has 0 saturated heterocycles. The first-order chi connectivity index (χ1) is 28.4. The minimum Gasteiger partial charge on any atom is -0.366 e. The van der Waals surface area contributed by atoms with Crippen molar-refractivity contribution in [3.05, 3.63) is 120 Å². The van der Waals surface area contributed by atoms with E-state index in [9.17, 15) is 0 Å². The van der Waals surface area contributed by atoms with Gasteiger partial charge in [-0.05, 0) is 167 Å². The molecule has 0 aromatic heterocycles. The summed E-state index contributed by atoms with van der Waals surface area (Å²) in [4.78, 5) is 2.96. The molecule has 0 aromatic carbocycles. The Morgan fingerprint density at radius 2 is 1.52 bits per heavy atom. The number of rotatable bonds is 7. The molecule has 3 heteroatoms. The van der Waals surface area contributed by atoms with Gasteiger partial charge in [-0.15, -0.1) is 0 Å². The molecular weight excluding hydrogens is 703 g/mol. The monoisotopic (exact) mass is 778 g/mol. The number of nitrogens with two attached hydrogens (primary N) is 1. The van der Waals surface area contributed by atoms with Crippen molar-refractivity contribution in [2.24, 2.45) is 70.3 Å². The van der Waals surface area contributed by atoms with Gasteiger partial charge in [0.2, 0.25) is 0 Å². The van der Waals surface area contributed by atoms with Crippen LogP contribution in [0.4, 0.5) is 0 Å². The SMILES string of the molecule is CC1/C=C\CCN(C2CC=CCC2)C2CC=C(C3C=CC(N[C@@]4(N)C5C6CCCCC6C=C[C@@H]5C4(C)C4=CCC(C5CC=CCC5)C=C4)=C(C4CC=CCC4)C3)CC12. The van der Waals surface area contributed by atoms with Crippen LogP contribution in [-0.4, -0.2) is 29.2 Å². The molecule has 10 aliphatic rings. The molecule has 310 valence electrons. The molecule has 12 unspecified atom stereocenters. The van der Waals surface area contributed by atoms with Crippen LogP contribution < -0.4 is 11.1 Å². The zero-order valence-electron chi connectivity index (χ0n) is 36.1. The second kappa shape index (κ2) is 16.5. The van der Waals surface area contributed by atoms with Gasteiger partial charge in [-0.25, -0.2) is 0 Å². The summed E-state index contributed by atoms with van der Waals surface area (Å²) in [5.41, 5.74) is 13.8. The number of nitrogens with zero attached hydrogens (tertiary/aromatic N) is 1. The Labute approximate surface area is 352 Å². The van der Waals surface area contributed by atoms with E-state index in [2.05, 4.69) is 121 Å². The first-order valence-electron chi connectivity index (χ1n) is 24.5. The third kappa shape index (κ3) is 6.95. The fourth-order valence-corrected chi connectivity index (χ4v) is 14.8. The normalized spacial score (nSPS) is 45.5. The third-order valence-electron chi connectivity index (χ3n) is 18.2. The van der Waals surface area contributed by atoms with Crippen LogP contribution in [0.2, 0.25) is 0 Å². The molecule has 0 aromatic rings. The van der Waals surface area contributed by atoms with Crippen LogP contribution in [0.5, 0.6) is 0 Å². The maximum atomic E-state index is 8.20.